The molecule has 2 aromatic rings. The van der Waals surface area contributed by atoms with E-state index >= 15 is 0 Å². The number of carbonyl (C=O) groups excluding carboxylic acids is 3. The van der Waals surface area contributed by atoms with Crippen molar-refractivity contribution in [2.45, 2.75) is 53.7 Å². The highest BCUT2D eigenvalue weighted by Gasteiger charge is 2.46. The van der Waals surface area contributed by atoms with Crippen LogP contribution in [-0.2, 0) is 14.3 Å². The van der Waals surface area contributed by atoms with Crippen molar-refractivity contribution in [3.63, 3.8) is 0 Å². The summed E-state index contributed by atoms with van der Waals surface area (Å²) in [6.45, 7) is 10.7. The van der Waals surface area contributed by atoms with E-state index in [-0.39, 0.29) is 23.0 Å². The summed E-state index contributed by atoms with van der Waals surface area (Å²) in [4.78, 5) is 40.3. The molecular formula is C26H29NO5. The molecule has 6 nitrogen and oxygen atoms in total. The number of ketones is 1. The number of amides is 1. The molecule has 168 valence electrons. The number of Topliss-reactive ketones (excluding diaryl/α,β-unsaturated/α-hetero) is 1. The molecule has 0 fully saturated rings. The molecule has 3 rings (SSSR count). The third-order valence-electron chi connectivity index (χ3n) is 5.19. The molecule has 6 heteroatoms. The molecule has 32 heavy (non-hydrogen) atoms. The number of nitrogens with zero attached hydrogens (tertiary/aromatic N) is 1. The zero-order chi connectivity index (χ0) is 23.8. The number of benzene rings is 2. The minimum absolute atomic E-state index is 0.0586. The first-order valence-electron chi connectivity index (χ1n) is 10.6. The fourth-order valence-electron chi connectivity index (χ4n) is 3.73. The van der Waals surface area contributed by atoms with Gasteiger partial charge in [0.15, 0.2) is 11.5 Å². The molecule has 0 aromatic heterocycles. The molecule has 1 unspecified atom stereocenters. The maximum Gasteiger partial charge on any atom is 0.338 e. The molecule has 0 saturated heterocycles. The summed E-state index contributed by atoms with van der Waals surface area (Å²) in [5.41, 5.74) is 1.58. The molecule has 0 spiro atoms. The first-order chi connectivity index (χ1) is 14.9. The van der Waals surface area contributed by atoms with Crippen LogP contribution in [0.4, 0.5) is 5.69 Å². The Morgan fingerprint density at radius 3 is 2.31 bits per heavy atom. The average molecular weight is 436 g/mol. The van der Waals surface area contributed by atoms with E-state index in [9.17, 15) is 19.5 Å². The van der Waals surface area contributed by atoms with Crippen LogP contribution in [0.25, 0.3) is 0 Å². The molecule has 1 atom stereocenters. The highest BCUT2D eigenvalue weighted by Crippen LogP contribution is 2.43. The summed E-state index contributed by atoms with van der Waals surface area (Å²) >= 11 is 0. The molecule has 1 heterocycles. The van der Waals surface area contributed by atoms with Gasteiger partial charge in [-0.15, -0.1) is 0 Å². The molecular weight excluding hydrogens is 406 g/mol. The SMILES string of the molecule is Cc1cccc(C2C(C(=O)C(C)(C)C)=C(O)C(=O)N2c2cccc(C(=O)OC(C)C)c2)c1. The number of carbonyl (C=O) groups is 3. The number of hydrogen-bond acceptors (Lipinski definition) is 5. The van der Waals surface area contributed by atoms with Crippen LogP contribution in [0, 0.1) is 12.3 Å². The van der Waals surface area contributed by atoms with Crippen molar-refractivity contribution in [2.24, 2.45) is 5.41 Å². The molecule has 2 aromatic carbocycles. The summed E-state index contributed by atoms with van der Waals surface area (Å²) in [5.74, 6) is -2.07. The average Bonchev–Trinajstić information content (AvgIpc) is 2.97. The summed E-state index contributed by atoms with van der Waals surface area (Å²) in [5, 5.41) is 10.8. The van der Waals surface area contributed by atoms with Crippen LogP contribution in [0.5, 0.6) is 0 Å². The number of rotatable bonds is 5. The number of aliphatic hydroxyl groups excluding tert-OH is 1. The molecule has 0 saturated carbocycles. The summed E-state index contributed by atoms with van der Waals surface area (Å²) in [6, 6.07) is 13.1. The topological polar surface area (TPSA) is 83.9 Å². The molecule has 0 bridgehead atoms. The van der Waals surface area contributed by atoms with Gasteiger partial charge >= 0.3 is 5.97 Å². The number of anilines is 1. The third-order valence-corrected chi connectivity index (χ3v) is 5.19. The van der Waals surface area contributed by atoms with Crippen LogP contribution in [0.15, 0.2) is 59.9 Å². The summed E-state index contributed by atoms with van der Waals surface area (Å²) in [7, 11) is 0. The Morgan fingerprint density at radius 2 is 1.72 bits per heavy atom. The van der Waals surface area contributed by atoms with Gasteiger partial charge < -0.3 is 9.84 Å². The third kappa shape index (κ3) is 4.44. The number of ether oxygens (including phenoxy) is 1. The van der Waals surface area contributed by atoms with Gasteiger partial charge in [-0.05, 0) is 44.5 Å². The van der Waals surface area contributed by atoms with Crippen molar-refractivity contribution in [2.75, 3.05) is 4.90 Å². The Kier molecular flexibility index (Phi) is 6.26. The summed E-state index contributed by atoms with van der Waals surface area (Å²) < 4.78 is 5.28. The van der Waals surface area contributed by atoms with E-state index in [0.29, 0.717) is 11.3 Å². The van der Waals surface area contributed by atoms with Gasteiger partial charge in [0, 0.05) is 11.1 Å². The monoisotopic (exact) mass is 435 g/mol. The van der Waals surface area contributed by atoms with E-state index in [1.165, 1.54) is 4.90 Å². The van der Waals surface area contributed by atoms with E-state index < -0.39 is 29.1 Å². The largest absolute Gasteiger partial charge is 0.503 e. The highest BCUT2D eigenvalue weighted by molar-refractivity contribution is 6.17. The van der Waals surface area contributed by atoms with Crippen LogP contribution in [-0.4, -0.2) is 28.9 Å². The van der Waals surface area contributed by atoms with Crippen LogP contribution in [0.2, 0.25) is 0 Å². The molecule has 1 aliphatic rings. The van der Waals surface area contributed by atoms with Crippen LogP contribution in [0.3, 0.4) is 0 Å². The van der Waals surface area contributed by atoms with E-state index in [2.05, 4.69) is 0 Å². The lowest BCUT2D eigenvalue weighted by Crippen LogP contribution is -2.33. The van der Waals surface area contributed by atoms with Crippen molar-refractivity contribution < 1.29 is 24.2 Å². The predicted octanol–water partition coefficient (Wildman–Crippen LogP) is 5.08. The zero-order valence-electron chi connectivity index (χ0n) is 19.3. The Morgan fingerprint density at radius 1 is 1.06 bits per heavy atom. The van der Waals surface area contributed by atoms with Gasteiger partial charge in [0.2, 0.25) is 0 Å². The second-order valence-corrected chi connectivity index (χ2v) is 9.34. The number of aryl methyl sites for hydroxylation is 1. The van der Waals surface area contributed by atoms with E-state index in [1.807, 2.05) is 31.2 Å². The first-order valence-corrected chi connectivity index (χ1v) is 10.6. The lowest BCUT2D eigenvalue weighted by molar-refractivity contribution is -0.123. The zero-order valence-corrected chi connectivity index (χ0v) is 19.3. The van der Waals surface area contributed by atoms with Crippen molar-refractivity contribution in [1.29, 1.82) is 0 Å². The van der Waals surface area contributed by atoms with Crippen LogP contribution >= 0.6 is 0 Å². The lowest BCUT2D eigenvalue weighted by Gasteiger charge is -2.29. The normalized spacial score (nSPS) is 16.7. The number of esters is 1. The van der Waals surface area contributed by atoms with Gasteiger partial charge in [-0.2, -0.15) is 0 Å². The quantitative estimate of drug-likeness (QED) is 0.663. The molecule has 0 aliphatic carbocycles. The Hall–Kier alpha value is -3.41. The molecule has 1 N–H and O–H groups in total. The molecule has 1 amide bonds. The predicted molar refractivity (Wildman–Crippen MR) is 123 cm³/mol. The van der Waals surface area contributed by atoms with Gasteiger partial charge in [-0.3, -0.25) is 14.5 Å². The Balaban J connectivity index is 2.16. The molecule has 1 aliphatic heterocycles. The lowest BCUT2D eigenvalue weighted by atomic mass is 9.82. The number of hydrogen-bond donors (Lipinski definition) is 1. The summed E-state index contributed by atoms with van der Waals surface area (Å²) in [6.07, 6.45) is -0.290. The van der Waals surface area contributed by atoms with Gasteiger partial charge in [0.05, 0.1) is 23.3 Å². The number of aliphatic hydroxyl groups is 1. The highest BCUT2D eigenvalue weighted by atomic mass is 16.5. The Labute approximate surface area is 188 Å². The van der Waals surface area contributed by atoms with Crippen LogP contribution < -0.4 is 4.90 Å². The van der Waals surface area contributed by atoms with Crippen molar-refractivity contribution >= 4 is 23.3 Å². The van der Waals surface area contributed by atoms with Crippen molar-refractivity contribution in [3.05, 3.63) is 76.6 Å². The standard InChI is InChI=1S/C26H29NO5/c1-15(2)32-25(31)18-11-8-12-19(14-18)27-21(17-10-7-9-16(3)13-17)20(22(28)24(27)30)23(29)26(4,5)6/h7-15,21,28H,1-6H3. The first kappa shape index (κ1) is 23.3. The second kappa shape index (κ2) is 8.61. The fraction of sp³-hybridized carbons (Fsp3) is 0.346. The fourth-order valence-corrected chi connectivity index (χ4v) is 3.73. The van der Waals surface area contributed by atoms with Gasteiger partial charge in [0.1, 0.15) is 0 Å². The van der Waals surface area contributed by atoms with E-state index in [1.54, 1.807) is 58.9 Å². The van der Waals surface area contributed by atoms with Crippen molar-refractivity contribution in [3.8, 4) is 0 Å². The minimum Gasteiger partial charge on any atom is -0.503 e. The smallest absolute Gasteiger partial charge is 0.338 e. The van der Waals surface area contributed by atoms with Crippen LogP contribution in [0.1, 0.15) is 62.1 Å². The maximum atomic E-state index is 13.3. The minimum atomic E-state index is -0.814. The maximum absolute atomic E-state index is 13.3. The second-order valence-electron chi connectivity index (χ2n) is 9.34. The van der Waals surface area contributed by atoms with E-state index in [0.717, 1.165) is 5.56 Å². The van der Waals surface area contributed by atoms with Gasteiger partial charge in [-0.1, -0.05) is 56.7 Å². The van der Waals surface area contributed by atoms with Crippen molar-refractivity contribution in [1.82, 2.24) is 0 Å². The Bertz CT molecular complexity index is 1110. The van der Waals surface area contributed by atoms with E-state index in [4.69, 9.17) is 4.74 Å². The van der Waals surface area contributed by atoms with Gasteiger partial charge in [-0.25, -0.2) is 4.79 Å². The van der Waals surface area contributed by atoms with Gasteiger partial charge in [0.25, 0.3) is 5.91 Å². The molecule has 0 radical (unpaired) electrons.